The largest absolute Gasteiger partial charge is 0.276 e. The Labute approximate surface area is 168 Å². The maximum absolute atomic E-state index is 13.1. The quantitative estimate of drug-likeness (QED) is 0.447. The van der Waals surface area contributed by atoms with Gasteiger partial charge in [0.15, 0.2) is 5.16 Å². The molecule has 28 heavy (non-hydrogen) atoms. The molecule has 0 aliphatic heterocycles. The first-order valence-corrected chi connectivity index (χ1v) is 10.6. The molecule has 0 unspecified atom stereocenters. The molecule has 0 bridgehead atoms. The van der Waals surface area contributed by atoms with Crippen LogP contribution in [0.1, 0.15) is 31.4 Å². The van der Waals surface area contributed by atoms with E-state index in [0.717, 1.165) is 22.8 Å². The van der Waals surface area contributed by atoms with Gasteiger partial charge >= 0.3 is 0 Å². The highest BCUT2D eigenvalue weighted by Crippen LogP contribution is 2.25. The fourth-order valence-electron chi connectivity index (χ4n) is 3.37. The molecule has 0 aliphatic rings. The number of aromatic nitrogens is 4. The first kappa shape index (κ1) is 18.7. The first-order chi connectivity index (χ1) is 13.5. The van der Waals surface area contributed by atoms with Gasteiger partial charge in [-0.3, -0.25) is 13.8 Å². The normalized spacial score (nSPS) is 11.7. The molecule has 0 amide bonds. The number of thioether (sulfide) groups is 1. The van der Waals surface area contributed by atoms with E-state index in [0.29, 0.717) is 23.6 Å². The number of para-hydroxylation sites is 1. The minimum absolute atomic E-state index is 0.00591. The Balaban J connectivity index is 1.81. The zero-order valence-corrected chi connectivity index (χ0v) is 17.2. The Morgan fingerprint density at radius 2 is 1.89 bits per heavy atom. The number of rotatable bonds is 6. The molecule has 0 radical (unpaired) electrons. The lowest BCUT2D eigenvalue weighted by Crippen LogP contribution is -2.24. The van der Waals surface area contributed by atoms with Crippen molar-refractivity contribution in [2.45, 2.75) is 44.6 Å². The number of fused-ring (bicyclic) bond motifs is 3. The van der Waals surface area contributed by atoms with E-state index in [4.69, 9.17) is 0 Å². The first-order valence-electron chi connectivity index (χ1n) is 9.59. The van der Waals surface area contributed by atoms with Gasteiger partial charge in [0.25, 0.3) is 5.56 Å². The van der Waals surface area contributed by atoms with Gasteiger partial charge in [-0.25, -0.2) is 0 Å². The van der Waals surface area contributed by atoms with Gasteiger partial charge in [0, 0.05) is 12.3 Å². The highest BCUT2D eigenvalue weighted by atomic mass is 32.2. The van der Waals surface area contributed by atoms with E-state index in [1.54, 1.807) is 16.3 Å². The van der Waals surface area contributed by atoms with Crippen LogP contribution >= 0.6 is 11.8 Å². The molecule has 0 fully saturated rings. The summed E-state index contributed by atoms with van der Waals surface area (Å²) in [6.07, 6.45) is 0.923. The second-order valence-corrected chi connectivity index (χ2v) is 8.49. The Kier molecular flexibility index (Phi) is 5.22. The average Bonchev–Trinajstić information content (AvgIpc) is 3.10. The summed E-state index contributed by atoms with van der Waals surface area (Å²) in [5.41, 5.74) is 3.36. The lowest BCUT2D eigenvalue weighted by atomic mass is 10.1. The van der Waals surface area contributed by atoms with Crippen LogP contribution in [-0.4, -0.2) is 19.2 Å². The third-order valence-corrected chi connectivity index (χ3v) is 5.86. The van der Waals surface area contributed by atoms with Gasteiger partial charge in [-0.05, 0) is 37.0 Å². The summed E-state index contributed by atoms with van der Waals surface area (Å²) in [4.78, 5) is 13.1. The van der Waals surface area contributed by atoms with Crippen molar-refractivity contribution in [1.29, 1.82) is 0 Å². The van der Waals surface area contributed by atoms with Crippen molar-refractivity contribution in [3.05, 3.63) is 70.0 Å². The highest BCUT2D eigenvalue weighted by molar-refractivity contribution is 7.98. The molecular weight excluding hydrogens is 368 g/mol. The van der Waals surface area contributed by atoms with E-state index >= 15 is 0 Å². The molecule has 6 heteroatoms. The Bertz CT molecular complexity index is 1190. The van der Waals surface area contributed by atoms with E-state index in [1.807, 2.05) is 28.7 Å². The molecule has 0 spiro atoms. The maximum Gasteiger partial charge on any atom is 0.262 e. The van der Waals surface area contributed by atoms with Crippen molar-refractivity contribution in [3.63, 3.8) is 0 Å². The molecule has 144 valence electrons. The summed E-state index contributed by atoms with van der Waals surface area (Å²) < 4.78 is 3.80. The van der Waals surface area contributed by atoms with Gasteiger partial charge in [-0.2, -0.15) is 0 Å². The summed E-state index contributed by atoms with van der Waals surface area (Å²) in [6.45, 7) is 7.07. The van der Waals surface area contributed by atoms with Crippen molar-refractivity contribution in [2.75, 3.05) is 0 Å². The van der Waals surface area contributed by atoms with Gasteiger partial charge in [0.2, 0.25) is 5.78 Å². The molecule has 0 atom stereocenters. The number of hydrogen-bond donors (Lipinski definition) is 0. The van der Waals surface area contributed by atoms with Crippen LogP contribution < -0.4 is 5.56 Å². The van der Waals surface area contributed by atoms with E-state index in [9.17, 15) is 4.79 Å². The molecule has 2 heterocycles. The van der Waals surface area contributed by atoms with Gasteiger partial charge in [0.1, 0.15) is 0 Å². The van der Waals surface area contributed by atoms with Crippen molar-refractivity contribution in [2.24, 2.45) is 5.92 Å². The molecule has 2 aromatic carbocycles. The zero-order valence-electron chi connectivity index (χ0n) is 16.4. The molecule has 2 aromatic heterocycles. The average molecular weight is 393 g/mol. The van der Waals surface area contributed by atoms with Crippen molar-refractivity contribution < 1.29 is 0 Å². The third kappa shape index (κ3) is 3.56. The van der Waals surface area contributed by atoms with E-state index in [2.05, 4.69) is 55.2 Å². The maximum atomic E-state index is 13.1. The SMILES string of the molecule is Cc1cccc(CSc2nnc3n(CCC(C)C)c(=O)c4ccccc4n23)c1. The van der Waals surface area contributed by atoms with Crippen LogP contribution in [0, 0.1) is 12.8 Å². The van der Waals surface area contributed by atoms with Gasteiger partial charge in [0.05, 0.1) is 10.9 Å². The molecule has 0 saturated carbocycles. The zero-order chi connectivity index (χ0) is 19.7. The smallest absolute Gasteiger partial charge is 0.262 e. The predicted octanol–water partition coefficient (Wildman–Crippen LogP) is 4.69. The molecule has 0 N–H and O–H groups in total. The van der Waals surface area contributed by atoms with Gasteiger partial charge in [-0.1, -0.05) is 67.6 Å². The highest BCUT2D eigenvalue weighted by Gasteiger charge is 2.17. The molecule has 4 aromatic rings. The van der Waals surface area contributed by atoms with E-state index in [1.165, 1.54) is 11.1 Å². The Hall–Kier alpha value is -2.60. The summed E-state index contributed by atoms with van der Waals surface area (Å²) in [6, 6.07) is 16.2. The van der Waals surface area contributed by atoms with Crippen LogP contribution in [-0.2, 0) is 12.3 Å². The van der Waals surface area contributed by atoms with E-state index < -0.39 is 0 Å². The van der Waals surface area contributed by atoms with Crippen LogP contribution in [0.3, 0.4) is 0 Å². The fourth-order valence-corrected chi connectivity index (χ4v) is 4.25. The molecule has 0 aliphatic carbocycles. The Morgan fingerprint density at radius 1 is 1.07 bits per heavy atom. The van der Waals surface area contributed by atoms with Crippen molar-refractivity contribution in [3.8, 4) is 0 Å². The van der Waals surface area contributed by atoms with Crippen LogP contribution in [0.15, 0.2) is 58.5 Å². The third-order valence-electron chi connectivity index (χ3n) is 4.86. The van der Waals surface area contributed by atoms with Crippen LogP contribution in [0.25, 0.3) is 16.7 Å². The summed E-state index contributed by atoms with van der Waals surface area (Å²) >= 11 is 1.65. The van der Waals surface area contributed by atoms with Crippen molar-refractivity contribution in [1.82, 2.24) is 19.2 Å². The van der Waals surface area contributed by atoms with Gasteiger partial charge in [-0.15, -0.1) is 10.2 Å². The van der Waals surface area contributed by atoms with Gasteiger partial charge < -0.3 is 0 Å². The summed E-state index contributed by atoms with van der Waals surface area (Å²) in [7, 11) is 0. The monoisotopic (exact) mass is 392 g/mol. The fraction of sp³-hybridized carbons (Fsp3) is 0.318. The van der Waals surface area contributed by atoms with Crippen molar-refractivity contribution >= 4 is 28.4 Å². The Morgan fingerprint density at radius 3 is 2.68 bits per heavy atom. The summed E-state index contributed by atoms with van der Waals surface area (Å²) in [5, 5.41) is 10.3. The van der Waals surface area contributed by atoms with Crippen LogP contribution in [0.2, 0.25) is 0 Å². The van der Waals surface area contributed by atoms with E-state index in [-0.39, 0.29) is 5.56 Å². The minimum Gasteiger partial charge on any atom is -0.276 e. The van der Waals surface area contributed by atoms with Crippen LogP contribution in [0.4, 0.5) is 0 Å². The van der Waals surface area contributed by atoms with Crippen LogP contribution in [0.5, 0.6) is 0 Å². The lowest BCUT2D eigenvalue weighted by molar-refractivity contribution is 0.512. The predicted molar refractivity (Wildman–Crippen MR) is 115 cm³/mol. The summed E-state index contributed by atoms with van der Waals surface area (Å²) in [5.74, 6) is 1.94. The number of aryl methyl sites for hydroxylation is 2. The minimum atomic E-state index is 0.00591. The second-order valence-electron chi connectivity index (χ2n) is 7.55. The topological polar surface area (TPSA) is 52.2 Å². The number of benzene rings is 2. The molecular formula is C22H24N4OS. The molecule has 4 rings (SSSR count). The molecule has 0 saturated heterocycles. The second kappa shape index (κ2) is 7.80. The molecule has 5 nitrogen and oxygen atoms in total. The number of hydrogen-bond acceptors (Lipinski definition) is 4. The number of nitrogens with zero attached hydrogens (tertiary/aromatic N) is 4. The standard InChI is InChI=1S/C22H24N4OS/c1-15(2)11-12-25-20(27)18-9-4-5-10-19(18)26-21(25)23-24-22(26)28-14-17-8-6-7-16(3)13-17/h4-10,13,15H,11-12,14H2,1-3H3. The lowest BCUT2D eigenvalue weighted by Gasteiger charge is -2.12.